The van der Waals surface area contributed by atoms with Crippen molar-refractivity contribution in [2.45, 2.75) is 111 Å². The summed E-state index contributed by atoms with van der Waals surface area (Å²) in [5, 5.41) is 5.39. The third kappa shape index (κ3) is 9.81. The monoisotopic (exact) mass is 425 g/mol. The Morgan fingerprint density at radius 2 is 1.67 bits per heavy atom. The number of nitrogens with one attached hydrogen (secondary N) is 2. The molecule has 1 fully saturated rings. The molecule has 7 heteroatoms. The van der Waals surface area contributed by atoms with E-state index in [2.05, 4.69) is 31.4 Å². The van der Waals surface area contributed by atoms with Crippen LogP contribution < -0.4 is 10.6 Å². The molecular formula is C23H43N3O4. The molecule has 3 amide bonds. The number of hydrogen-bond acceptors (Lipinski definition) is 4. The van der Waals surface area contributed by atoms with Crippen molar-refractivity contribution in [1.82, 2.24) is 15.5 Å². The largest absolute Gasteiger partial charge is 0.444 e. The number of unbranched alkanes of at least 4 members (excludes halogenated alkanes) is 3. The molecule has 1 saturated heterocycles. The number of carbonyl (C=O) groups excluding carboxylic acids is 3. The Hall–Kier alpha value is -1.79. The number of hydrogen-bond donors (Lipinski definition) is 2. The molecule has 2 atom stereocenters. The van der Waals surface area contributed by atoms with Gasteiger partial charge in [-0.15, -0.1) is 0 Å². The second kappa shape index (κ2) is 11.6. The first-order valence-electron chi connectivity index (χ1n) is 11.4. The van der Waals surface area contributed by atoms with Crippen molar-refractivity contribution in [2.24, 2.45) is 5.41 Å². The van der Waals surface area contributed by atoms with Gasteiger partial charge in [-0.25, -0.2) is 4.79 Å². The van der Waals surface area contributed by atoms with Crippen LogP contribution in [0.25, 0.3) is 0 Å². The smallest absolute Gasteiger partial charge is 0.408 e. The van der Waals surface area contributed by atoms with Crippen LogP contribution in [0.5, 0.6) is 0 Å². The fourth-order valence-corrected chi connectivity index (χ4v) is 3.73. The third-order valence-electron chi connectivity index (χ3n) is 5.24. The summed E-state index contributed by atoms with van der Waals surface area (Å²) in [5.41, 5.74) is -0.301. The van der Waals surface area contributed by atoms with E-state index in [0.29, 0.717) is 24.8 Å². The summed E-state index contributed by atoms with van der Waals surface area (Å²) in [4.78, 5) is 39.3. The lowest BCUT2D eigenvalue weighted by molar-refractivity contribution is -0.140. The first-order valence-corrected chi connectivity index (χ1v) is 11.4. The molecule has 0 saturated carbocycles. The van der Waals surface area contributed by atoms with Gasteiger partial charge in [-0.2, -0.15) is 0 Å². The SMILES string of the molecule is CNC(=O)[C@@H]1CCCN1C(=O)[C@H](CCCCCCC(C)(C)C)NC(=O)OC(C)(C)C. The van der Waals surface area contributed by atoms with Crippen LogP contribution in [0.1, 0.15) is 92.9 Å². The minimum Gasteiger partial charge on any atom is -0.444 e. The third-order valence-corrected chi connectivity index (χ3v) is 5.24. The lowest BCUT2D eigenvalue weighted by atomic mass is 9.89. The van der Waals surface area contributed by atoms with Crippen molar-refractivity contribution in [3.8, 4) is 0 Å². The lowest BCUT2D eigenvalue weighted by Crippen LogP contribution is -2.53. The molecule has 1 aliphatic heterocycles. The summed E-state index contributed by atoms with van der Waals surface area (Å²) in [6.07, 6.45) is 6.68. The topological polar surface area (TPSA) is 87.7 Å². The summed E-state index contributed by atoms with van der Waals surface area (Å²) in [5.74, 6) is -0.347. The van der Waals surface area contributed by atoms with Gasteiger partial charge in [0.05, 0.1) is 0 Å². The van der Waals surface area contributed by atoms with Crippen molar-refractivity contribution in [2.75, 3.05) is 13.6 Å². The Kier molecular flexibility index (Phi) is 10.1. The fourth-order valence-electron chi connectivity index (χ4n) is 3.73. The minimum atomic E-state index is -0.673. The van der Waals surface area contributed by atoms with Crippen molar-refractivity contribution in [3.63, 3.8) is 0 Å². The molecule has 0 aliphatic carbocycles. The summed E-state index contributed by atoms with van der Waals surface area (Å²) < 4.78 is 5.36. The molecule has 1 aliphatic rings. The van der Waals surface area contributed by atoms with E-state index in [4.69, 9.17) is 4.74 Å². The summed E-state index contributed by atoms with van der Waals surface area (Å²) in [7, 11) is 1.58. The van der Waals surface area contributed by atoms with Crippen LogP contribution >= 0.6 is 0 Å². The maximum Gasteiger partial charge on any atom is 0.408 e. The van der Waals surface area contributed by atoms with E-state index in [9.17, 15) is 14.4 Å². The summed E-state index contributed by atoms with van der Waals surface area (Å²) in [6.45, 7) is 12.6. The zero-order valence-corrected chi connectivity index (χ0v) is 20.1. The average molecular weight is 426 g/mol. The van der Waals surface area contributed by atoms with Crippen LogP contribution in [-0.2, 0) is 14.3 Å². The second-order valence-corrected chi connectivity index (χ2v) is 10.5. The minimum absolute atomic E-state index is 0.154. The number of rotatable bonds is 9. The molecule has 0 unspecified atom stereocenters. The highest BCUT2D eigenvalue weighted by Gasteiger charge is 2.37. The van der Waals surface area contributed by atoms with Crippen LogP contribution in [-0.4, -0.2) is 54.1 Å². The van der Waals surface area contributed by atoms with Gasteiger partial charge in [0.25, 0.3) is 0 Å². The van der Waals surface area contributed by atoms with E-state index < -0.39 is 23.8 Å². The van der Waals surface area contributed by atoms with E-state index >= 15 is 0 Å². The van der Waals surface area contributed by atoms with E-state index in [1.807, 2.05) is 0 Å². The van der Waals surface area contributed by atoms with Gasteiger partial charge in [-0.3, -0.25) is 9.59 Å². The molecule has 7 nitrogen and oxygen atoms in total. The maximum absolute atomic E-state index is 13.2. The first-order chi connectivity index (χ1) is 13.8. The Morgan fingerprint density at radius 3 is 2.23 bits per heavy atom. The molecule has 30 heavy (non-hydrogen) atoms. The van der Waals surface area contributed by atoms with Gasteiger partial charge in [0, 0.05) is 13.6 Å². The van der Waals surface area contributed by atoms with Gasteiger partial charge in [0.15, 0.2) is 0 Å². The van der Waals surface area contributed by atoms with Gasteiger partial charge >= 0.3 is 6.09 Å². The van der Waals surface area contributed by atoms with E-state index in [-0.39, 0.29) is 11.8 Å². The highest BCUT2D eigenvalue weighted by molar-refractivity contribution is 5.91. The van der Waals surface area contributed by atoms with Gasteiger partial charge in [0.2, 0.25) is 11.8 Å². The normalized spacial score (nSPS) is 18.1. The van der Waals surface area contributed by atoms with Crippen LogP contribution in [0, 0.1) is 5.41 Å². The Bertz CT molecular complexity index is 578. The number of amides is 3. The number of likely N-dealkylation sites (N-methyl/N-ethyl adjacent to an activating group) is 1. The molecule has 0 bridgehead atoms. The Morgan fingerprint density at radius 1 is 1.03 bits per heavy atom. The zero-order chi connectivity index (χ0) is 22.9. The molecule has 1 rings (SSSR count). The highest BCUT2D eigenvalue weighted by Crippen LogP contribution is 2.23. The molecular weight excluding hydrogens is 382 g/mol. The molecule has 0 radical (unpaired) electrons. The quantitative estimate of drug-likeness (QED) is 0.547. The van der Waals surface area contributed by atoms with Crippen LogP contribution in [0.2, 0.25) is 0 Å². The summed E-state index contributed by atoms with van der Waals surface area (Å²) >= 11 is 0. The van der Waals surface area contributed by atoms with Gasteiger partial charge in [-0.1, -0.05) is 46.5 Å². The predicted octanol–water partition coefficient (Wildman–Crippen LogP) is 4.00. The van der Waals surface area contributed by atoms with Crippen molar-refractivity contribution in [3.05, 3.63) is 0 Å². The van der Waals surface area contributed by atoms with Crippen LogP contribution in [0.4, 0.5) is 4.79 Å². The molecule has 2 N–H and O–H groups in total. The number of alkyl carbamates (subject to hydrolysis) is 1. The molecule has 0 aromatic heterocycles. The molecule has 0 aromatic rings. The Balaban J connectivity index is 2.71. The van der Waals surface area contributed by atoms with Crippen molar-refractivity contribution in [1.29, 1.82) is 0 Å². The van der Waals surface area contributed by atoms with Crippen molar-refractivity contribution < 1.29 is 19.1 Å². The molecule has 1 heterocycles. The summed E-state index contributed by atoms with van der Waals surface area (Å²) in [6, 6.07) is -1.13. The molecule has 174 valence electrons. The maximum atomic E-state index is 13.2. The van der Waals surface area contributed by atoms with Gasteiger partial charge in [0.1, 0.15) is 17.7 Å². The van der Waals surface area contributed by atoms with Crippen molar-refractivity contribution >= 4 is 17.9 Å². The average Bonchev–Trinajstić information content (AvgIpc) is 3.09. The number of carbonyl (C=O) groups is 3. The van der Waals surface area contributed by atoms with Crippen LogP contribution in [0.15, 0.2) is 0 Å². The number of nitrogens with zero attached hydrogens (tertiary/aromatic N) is 1. The van der Waals surface area contributed by atoms with E-state index in [1.165, 1.54) is 6.42 Å². The number of ether oxygens (including phenoxy) is 1. The first kappa shape index (κ1) is 26.2. The number of likely N-dealkylation sites (tertiary alicyclic amines) is 1. The fraction of sp³-hybridized carbons (Fsp3) is 0.870. The van der Waals surface area contributed by atoms with Crippen LogP contribution in [0.3, 0.4) is 0 Å². The Labute approximate surface area is 182 Å². The predicted molar refractivity (Wildman–Crippen MR) is 119 cm³/mol. The standard InChI is InChI=1S/C23H43N3O4/c1-22(2,3)15-11-9-8-10-13-17(25-21(29)30-23(4,5)6)20(28)26-16-12-14-18(26)19(27)24-7/h17-18H,8-16H2,1-7H3,(H,24,27)(H,25,29)/t17-,18-/m0/s1. The van der Waals surface area contributed by atoms with E-state index in [1.54, 1.807) is 32.7 Å². The highest BCUT2D eigenvalue weighted by atomic mass is 16.6. The van der Waals surface area contributed by atoms with E-state index in [0.717, 1.165) is 32.1 Å². The second-order valence-electron chi connectivity index (χ2n) is 10.5. The molecule has 0 spiro atoms. The van der Waals surface area contributed by atoms with Gasteiger partial charge in [-0.05, 0) is 51.9 Å². The van der Waals surface area contributed by atoms with Gasteiger partial charge < -0.3 is 20.3 Å². The lowest BCUT2D eigenvalue weighted by Gasteiger charge is -2.29. The molecule has 0 aromatic carbocycles. The zero-order valence-electron chi connectivity index (χ0n) is 20.1.